The quantitative estimate of drug-likeness (QED) is 0.819. The minimum Gasteiger partial charge on any atom is -0.324 e. The van der Waals surface area contributed by atoms with Crippen LogP contribution in [0.2, 0.25) is 0 Å². The molecule has 2 rings (SSSR count). The van der Waals surface area contributed by atoms with E-state index in [0.29, 0.717) is 0 Å². The highest BCUT2D eigenvalue weighted by Crippen LogP contribution is 2.28. The Kier molecular flexibility index (Phi) is 3.42. The van der Waals surface area contributed by atoms with E-state index in [9.17, 15) is 0 Å². The van der Waals surface area contributed by atoms with Crippen LogP contribution >= 0.6 is 27.3 Å². The van der Waals surface area contributed by atoms with Crippen LogP contribution in [0.25, 0.3) is 0 Å². The van der Waals surface area contributed by atoms with Crippen molar-refractivity contribution in [3.63, 3.8) is 0 Å². The Balaban J connectivity index is 2.07. The molecule has 1 aromatic heterocycles. The van der Waals surface area contributed by atoms with Crippen LogP contribution in [0.3, 0.4) is 0 Å². The summed E-state index contributed by atoms with van der Waals surface area (Å²) >= 11 is 5.38. The largest absolute Gasteiger partial charge is 0.324 e. The standard InChI is InChI=1S/C11H14BrNS/c12-10-4-5-14-11(10)7-8-2-1-3-9(13)6-8/h4-6,9H,1-3,7,13H2. The van der Waals surface area contributed by atoms with Crippen molar-refractivity contribution in [1.29, 1.82) is 0 Å². The van der Waals surface area contributed by atoms with Gasteiger partial charge in [0.05, 0.1) is 0 Å². The number of hydrogen-bond donors (Lipinski definition) is 1. The van der Waals surface area contributed by atoms with Gasteiger partial charge in [-0.2, -0.15) is 0 Å². The average Bonchev–Trinajstić information content (AvgIpc) is 2.52. The van der Waals surface area contributed by atoms with Gasteiger partial charge in [-0.05, 0) is 46.6 Å². The van der Waals surface area contributed by atoms with Crippen LogP contribution in [0.4, 0.5) is 0 Å². The summed E-state index contributed by atoms with van der Waals surface area (Å²) in [5.41, 5.74) is 7.41. The van der Waals surface area contributed by atoms with Crippen molar-refractivity contribution < 1.29 is 0 Å². The third kappa shape index (κ3) is 2.47. The number of rotatable bonds is 2. The van der Waals surface area contributed by atoms with E-state index in [1.807, 2.05) is 11.3 Å². The molecule has 76 valence electrons. The van der Waals surface area contributed by atoms with E-state index < -0.39 is 0 Å². The lowest BCUT2D eigenvalue weighted by molar-refractivity contribution is 0.618. The number of halogens is 1. The fraction of sp³-hybridized carbons (Fsp3) is 0.455. The molecule has 1 nitrogen and oxygen atoms in total. The van der Waals surface area contributed by atoms with E-state index in [1.54, 1.807) is 0 Å². The number of nitrogens with two attached hydrogens (primary N) is 1. The smallest absolute Gasteiger partial charge is 0.0317 e. The number of hydrogen-bond acceptors (Lipinski definition) is 2. The Morgan fingerprint density at radius 3 is 3.07 bits per heavy atom. The molecule has 0 bridgehead atoms. The molecule has 1 aromatic rings. The molecule has 3 heteroatoms. The minimum absolute atomic E-state index is 0.289. The molecular weight excluding hydrogens is 258 g/mol. The third-order valence-electron chi connectivity index (χ3n) is 2.56. The van der Waals surface area contributed by atoms with E-state index in [4.69, 9.17) is 5.73 Å². The highest BCUT2D eigenvalue weighted by Gasteiger charge is 2.11. The maximum atomic E-state index is 5.91. The predicted octanol–water partition coefficient (Wildman–Crippen LogP) is 3.49. The molecule has 14 heavy (non-hydrogen) atoms. The molecule has 2 N–H and O–H groups in total. The van der Waals surface area contributed by atoms with Gasteiger partial charge in [-0.25, -0.2) is 0 Å². The van der Waals surface area contributed by atoms with Gasteiger partial charge in [-0.3, -0.25) is 0 Å². The van der Waals surface area contributed by atoms with Crippen molar-refractivity contribution in [1.82, 2.24) is 0 Å². The summed E-state index contributed by atoms with van der Waals surface area (Å²) in [5.74, 6) is 0. The second-order valence-electron chi connectivity index (χ2n) is 3.75. The van der Waals surface area contributed by atoms with Gasteiger partial charge >= 0.3 is 0 Å². The molecule has 0 saturated carbocycles. The molecule has 0 spiro atoms. The monoisotopic (exact) mass is 271 g/mol. The summed E-state index contributed by atoms with van der Waals surface area (Å²) in [6, 6.07) is 2.40. The Hall–Kier alpha value is -0.120. The topological polar surface area (TPSA) is 26.0 Å². The van der Waals surface area contributed by atoms with E-state index in [2.05, 4.69) is 33.5 Å². The van der Waals surface area contributed by atoms with Gasteiger partial charge in [0.15, 0.2) is 0 Å². The molecule has 0 fully saturated rings. The Morgan fingerprint density at radius 1 is 1.57 bits per heavy atom. The van der Waals surface area contributed by atoms with Gasteiger partial charge in [-0.1, -0.05) is 11.6 Å². The predicted molar refractivity (Wildman–Crippen MR) is 65.6 cm³/mol. The van der Waals surface area contributed by atoms with E-state index >= 15 is 0 Å². The van der Waals surface area contributed by atoms with Gasteiger partial charge < -0.3 is 5.73 Å². The van der Waals surface area contributed by atoms with Crippen LogP contribution in [0.15, 0.2) is 27.6 Å². The van der Waals surface area contributed by atoms with Gasteiger partial charge in [0.1, 0.15) is 0 Å². The highest BCUT2D eigenvalue weighted by molar-refractivity contribution is 9.10. The first kappa shape index (κ1) is 10.4. The Labute approximate surface area is 97.1 Å². The summed E-state index contributed by atoms with van der Waals surface area (Å²) in [4.78, 5) is 1.42. The Bertz CT molecular complexity index is 343. The normalized spacial score (nSPS) is 22.1. The van der Waals surface area contributed by atoms with Crippen molar-refractivity contribution >= 4 is 27.3 Å². The van der Waals surface area contributed by atoms with Crippen LogP contribution in [0.1, 0.15) is 24.1 Å². The van der Waals surface area contributed by atoms with Crippen molar-refractivity contribution in [2.45, 2.75) is 31.7 Å². The zero-order chi connectivity index (χ0) is 9.97. The van der Waals surface area contributed by atoms with Crippen LogP contribution in [-0.4, -0.2) is 6.04 Å². The molecular formula is C11H14BrNS. The molecule has 0 saturated heterocycles. The number of thiophene rings is 1. The third-order valence-corrected chi connectivity index (χ3v) is 4.49. The molecule has 0 amide bonds. The molecule has 0 aromatic carbocycles. The van der Waals surface area contributed by atoms with Crippen molar-refractivity contribution in [3.05, 3.63) is 32.4 Å². The summed E-state index contributed by atoms with van der Waals surface area (Å²) in [6.45, 7) is 0. The van der Waals surface area contributed by atoms with Gasteiger partial charge in [0, 0.05) is 21.8 Å². The first-order valence-corrected chi connectivity index (χ1v) is 6.60. The SMILES string of the molecule is NC1C=C(Cc2sccc2Br)CCC1. The average molecular weight is 272 g/mol. The molecule has 1 aliphatic carbocycles. The summed E-state index contributed by atoms with van der Waals surface area (Å²) in [7, 11) is 0. The lowest BCUT2D eigenvalue weighted by Crippen LogP contribution is -2.20. The molecule has 1 aliphatic rings. The first-order valence-electron chi connectivity index (χ1n) is 4.93. The van der Waals surface area contributed by atoms with Crippen LogP contribution in [-0.2, 0) is 6.42 Å². The molecule has 1 unspecified atom stereocenters. The zero-order valence-corrected chi connectivity index (χ0v) is 10.4. The molecule has 1 heterocycles. The summed E-state index contributed by atoms with van der Waals surface area (Å²) < 4.78 is 1.24. The minimum atomic E-state index is 0.289. The van der Waals surface area contributed by atoms with Gasteiger partial charge in [0.2, 0.25) is 0 Å². The molecule has 1 atom stereocenters. The van der Waals surface area contributed by atoms with Crippen LogP contribution < -0.4 is 5.73 Å². The van der Waals surface area contributed by atoms with Crippen LogP contribution in [0, 0.1) is 0 Å². The second-order valence-corrected chi connectivity index (χ2v) is 5.60. The summed E-state index contributed by atoms with van der Waals surface area (Å²) in [5, 5.41) is 2.13. The highest BCUT2D eigenvalue weighted by atomic mass is 79.9. The van der Waals surface area contributed by atoms with E-state index in [-0.39, 0.29) is 6.04 Å². The second kappa shape index (κ2) is 4.60. The first-order chi connectivity index (χ1) is 6.75. The fourth-order valence-electron chi connectivity index (χ4n) is 1.84. The summed E-state index contributed by atoms with van der Waals surface area (Å²) in [6.07, 6.45) is 6.94. The van der Waals surface area contributed by atoms with Gasteiger partial charge in [-0.15, -0.1) is 11.3 Å². The van der Waals surface area contributed by atoms with Crippen LogP contribution in [0.5, 0.6) is 0 Å². The zero-order valence-electron chi connectivity index (χ0n) is 8.00. The van der Waals surface area contributed by atoms with Gasteiger partial charge in [0.25, 0.3) is 0 Å². The van der Waals surface area contributed by atoms with E-state index in [1.165, 1.54) is 27.8 Å². The maximum absolute atomic E-state index is 5.91. The van der Waals surface area contributed by atoms with Crippen molar-refractivity contribution in [2.24, 2.45) is 5.73 Å². The lowest BCUT2D eigenvalue weighted by Gasteiger charge is -2.17. The fourth-order valence-corrected chi connectivity index (χ4v) is 3.38. The lowest BCUT2D eigenvalue weighted by atomic mass is 9.94. The maximum Gasteiger partial charge on any atom is 0.0317 e. The van der Waals surface area contributed by atoms with Crippen molar-refractivity contribution in [2.75, 3.05) is 0 Å². The Morgan fingerprint density at radius 2 is 2.43 bits per heavy atom. The molecule has 0 radical (unpaired) electrons. The van der Waals surface area contributed by atoms with E-state index in [0.717, 1.165) is 12.8 Å². The number of allylic oxidation sites excluding steroid dienone is 1. The molecule has 0 aliphatic heterocycles. The van der Waals surface area contributed by atoms with Crippen molar-refractivity contribution in [3.8, 4) is 0 Å².